The molecule has 0 fully saturated rings. The van der Waals surface area contributed by atoms with E-state index in [4.69, 9.17) is 9.47 Å². The van der Waals surface area contributed by atoms with E-state index in [1.54, 1.807) is 26.2 Å². The van der Waals surface area contributed by atoms with Crippen LogP contribution in [-0.2, 0) is 6.42 Å². The Kier molecular flexibility index (Phi) is 5.86. The van der Waals surface area contributed by atoms with Gasteiger partial charge in [0, 0.05) is 13.6 Å². The average molecular weight is 365 g/mol. The predicted octanol–water partition coefficient (Wildman–Crippen LogP) is 3.35. The van der Waals surface area contributed by atoms with E-state index in [0.29, 0.717) is 23.7 Å². The summed E-state index contributed by atoms with van der Waals surface area (Å²) in [5.41, 5.74) is 3.01. The lowest BCUT2D eigenvalue weighted by Crippen LogP contribution is -2.29. The van der Waals surface area contributed by atoms with Gasteiger partial charge in [-0.1, -0.05) is 18.2 Å². The van der Waals surface area contributed by atoms with Crippen LogP contribution in [-0.4, -0.2) is 48.6 Å². The van der Waals surface area contributed by atoms with Crippen molar-refractivity contribution in [3.63, 3.8) is 0 Å². The summed E-state index contributed by atoms with van der Waals surface area (Å²) in [5.74, 6) is 1.30. The quantitative estimate of drug-likeness (QED) is 0.642. The fourth-order valence-electron chi connectivity index (χ4n) is 2.91. The largest absolute Gasteiger partial charge is 0.493 e. The zero-order valence-corrected chi connectivity index (χ0v) is 15.8. The monoisotopic (exact) mass is 365 g/mol. The summed E-state index contributed by atoms with van der Waals surface area (Å²) in [6.45, 7) is 0.627. The number of para-hydroxylation sites is 2. The lowest BCUT2D eigenvalue weighted by molar-refractivity contribution is 0.0788. The Morgan fingerprint density at radius 2 is 1.78 bits per heavy atom. The van der Waals surface area contributed by atoms with Gasteiger partial charge < -0.3 is 14.4 Å². The number of hydrogen-bond acceptors (Lipinski definition) is 5. The number of aromatic nitrogens is 2. The third kappa shape index (κ3) is 4.34. The predicted molar refractivity (Wildman–Crippen MR) is 104 cm³/mol. The molecule has 0 aliphatic rings. The van der Waals surface area contributed by atoms with Crippen molar-refractivity contribution in [3.8, 4) is 11.5 Å². The number of rotatable bonds is 7. The fraction of sp³-hybridized carbons (Fsp3) is 0.286. The molecule has 1 heterocycles. The van der Waals surface area contributed by atoms with Crippen LogP contribution in [0.4, 0.5) is 0 Å². The van der Waals surface area contributed by atoms with Gasteiger partial charge in [0.1, 0.15) is 5.69 Å². The van der Waals surface area contributed by atoms with E-state index in [2.05, 4.69) is 9.97 Å². The number of benzene rings is 2. The van der Waals surface area contributed by atoms with Gasteiger partial charge in [0.05, 0.1) is 31.4 Å². The summed E-state index contributed by atoms with van der Waals surface area (Å²) in [5, 5.41) is 0. The van der Waals surface area contributed by atoms with Crippen LogP contribution >= 0.6 is 0 Å². The first-order chi connectivity index (χ1) is 13.1. The molecule has 140 valence electrons. The number of hydrogen-bond donors (Lipinski definition) is 0. The molecule has 6 nitrogen and oxygen atoms in total. The van der Waals surface area contributed by atoms with E-state index in [-0.39, 0.29) is 5.91 Å². The Bertz CT molecular complexity index is 943. The molecule has 1 amide bonds. The smallest absolute Gasteiger partial charge is 0.273 e. The van der Waals surface area contributed by atoms with Crippen LogP contribution in [0.3, 0.4) is 0 Å². The number of methoxy groups -OCH3 is 2. The minimum atomic E-state index is -0.124. The fourth-order valence-corrected chi connectivity index (χ4v) is 2.91. The first kappa shape index (κ1) is 18.6. The third-order valence-corrected chi connectivity index (χ3v) is 4.42. The molecule has 0 bridgehead atoms. The second kappa shape index (κ2) is 8.49. The minimum absolute atomic E-state index is 0.124. The van der Waals surface area contributed by atoms with Gasteiger partial charge in [0.15, 0.2) is 11.5 Å². The molecule has 6 heteroatoms. The van der Waals surface area contributed by atoms with E-state index < -0.39 is 0 Å². The first-order valence-electron chi connectivity index (χ1n) is 8.80. The van der Waals surface area contributed by atoms with Crippen LogP contribution in [0.5, 0.6) is 11.5 Å². The Labute approximate surface area is 158 Å². The molecule has 0 unspecified atom stereocenters. The normalized spacial score (nSPS) is 10.6. The van der Waals surface area contributed by atoms with Gasteiger partial charge in [-0.05, 0) is 42.7 Å². The van der Waals surface area contributed by atoms with Crippen molar-refractivity contribution in [1.29, 1.82) is 0 Å². The highest BCUT2D eigenvalue weighted by molar-refractivity contribution is 5.93. The number of aryl methyl sites for hydroxylation is 1. The maximum atomic E-state index is 12.6. The van der Waals surface area contributed by atoms with Crippen LogP contribution in [0.15, 0.2) is 48.7 Å². The molecule has 3 aromatic rings. The Hall–Kier alpha value is -3.15. The summed E-state index contributed by atoms with van der Waals surface area (Å²) in [6.07, 6.45) is 3.20. The van der Waals surface area contributed by atoms with Crippen LogP contribution in [0, 0.1) is 0 Å². The van der Waals surface area contributed by atoms with Gasteiger partial charge >= 0.3 is 0 Å². The lowest BCUT2D eigenvalue weighted by atomic mass is 10.1. The van der Waals surface area contributed by atoms with Gasteiger partial charge in [0.25, 0.3) is 5.91 Å². The number of amides is 1. The molecular formula is C21H23N3O3. The van der Waals surface area contributed by atoms with E-state index in [1.165, 1.54) is 6.20 Å². The van der Waals surface area contributed by atoms with Gasteiger partial charge in [-0.2, -0.15) is 0 Å². The number of carbonyl (C=O) groups excluding carboxylic acids is 1. The molecule has 0 saturated carbocycles. The van der Waals surface area contributed by atoms with Gasteiger partial charge in [0.2, 0.25) is 0 Å². The summed E-state index contributed by atoms with van der Waals surface area (Å²) >= 11 is 0. The Morgan fingerprint density at radius 1 is 1.04 bits per heavy atom. The highest BCUT2D eigenvalue weighted by Gasteiger charge is 2.14. The van der Waals surface area contributed by atoms with E-state index in [1.807, 2.05) is 42.5 Å². The highest BCUT2D eigenvalue weighted by Crippen LogP contribution is 2.28. The molecule has 3 rings (SSSR count). The maximum absolute atomic E-state index is 12.6. The molecular weight excluding hydrogens is 342 g/mol. The van der Waals surface area contributed by atoms with E-state index >= 15 is 0 Å². The van der Waals surface area contributed by atoms with E-state index in [0.717, 1.165) is 29.4 Å². The molecule has 0 aliphatic carbocycles. The van der Waals surface area contributed by atoms with Gasteiger partial charge in [-0.3, -0.25) is 9.78 Å². The topological polar surface area (TPSA) is 64.5 Å². The zero-order valence-electron chi connectivity index (χ0n) is 15.8. The zero-order chi connectivity index (χ0) is 19.2. The van der Waals surface area contributed by atoms with Gasteiger partial charge in [-0.25, -0.2) is 4.98 Å². The van der Waals surface area contributed by atoms with Crippen LogP contribution in [0.25, 0.3) is 11.0 Å². The molecule has 27 heavy (non-hydrogen) atoms. The first-order valence-corrected chi connectivity index (χ1v) is 8.80. The number of carbonyl (C=O) groups is 1. The number of nitrogens with zero attached hydrogens (tertiary/aromatic N) is 3. The molecule has 0 aliphatic heterocycles. The number of fused-ring (bicyclic) bond motifs is 1. The SMILES string of the molecule is COc1ccc(CCCN(C)C(=O)c2cnc3ccccc3n2)cc1OC. The molecule has 0 atom stereocenters. The van der Waals surface area contributed by atoms with Crippen molar-refractivity contribution < 1.29 is 14.3 Å². The van der Waals surface area contributed by atoms with Crippen molar-refractivity contribution in [1.82, 2.24) is 14.9 Å². The van der Waals surface area contributed by atoms with Crippen molar-refractivity contribution in [2.24, 2.45) is 0 Å². The second-order valence-corrected chi connectivity index (χ2v) is 6.26. The van der Waals surface area contributed by atoms with Crippen LogP contribution in [0.1, 0.15) is 22.5 Å². The lowest BCUT2D eigenvalue weighted by Gasteiger charge is -2.17. The second-order valence-electron chi connectivity index (χ2n) is 6.26. The third-order valence-electron chi connectivity index (χ3n) is 4.42. The van der Waals surface area contributed by atoms with Crippen molar-refractivity contribution in [3.05, 3.63) is 59.9 Å². The van der Waals surface area contributed by atoms with Crippen molar-refractivity contribution in [2.45, 2.75) is 12.8 Å². The summed E-state index contributed by atoms with van der Waals surface area (Å²) in [4.78, 5) is 23.0. The average Bonchev–Trinajstić information content (AvgIpc) is 2.72. The van der Waals surface area contributed by atoms with E-state index in [9.17, 15) is 4.79 Å². The maximum Gasteiger partial charge on any atom is 0.273 e. The molecule has 0 N–H and O–H groups in total. The molecule has 0 saturated heterocycles. The molecule has 2 aromatic carbocycles. The summed E-state index contributed by atoms with van der Waals surface area (Å²) in [6, 6.07) is 13.4. The van der Waals surface area contributed by atoms with Crippen LogP contribution in [0.2, 0.25) is 0 Å². The van der Waals surface area contributed by atoms with Crippen molar-refractivity contribution in [2.75, 3.05) is 27.8 Å². The Morgan fingerprint density at radius 3 is 2.52 bits per heavy atom. The number of ether oxygens (including phenoxy) is 2. The summed E-state index contributed by atoms with van der Waals surface area (Å²) in [7, 11) is 5.03. The standard InChI is InChI=1S/C21H23N3O3/c1-24(12-6-7-15-10-11-19(26-2)20(13-15)27-3)21(25)18-14-22-16-8-4-5-9-17(16)23-18/h4-5,8-11,13-14H,6-7,12H2,1-3H3. The minimum Gasteiger partial charge on any atom is -0.493 e. The Balaban J connectivity index is 1.59. The van der Waals surface area contributed by atoms with Crippen LogP contribution < -0.4 is 9.47 Å². The van der Waals surface area contributed by atoms with Gasteiger partial charge in [-0.15, -0.1) is 0 Å². The highest BCUT2D eigenvalue weighted by atomic mass is 16.5. The van der Waals surface area contributed by atoms with Crippen molar-refractivity contribution >= 4 is 16.9 Å². The summed E-state index contributed by atoms with van der Waals surface area (Å²) < 4.78 is 10.6. The molecule has 0 spiro atoms. The molecule has 0 radical (unpaired) electrons. The molecule has 1 aromatic heterocycles.